The standard InChI is InChI=1S/C4H8Cl2N2/c5-4-3(7)1-2-8(4)6/h3-4H,1-2,7H2/t3-,4+/m1/s1. The fourth-order valence-corrected chi connectivity index (χ4v) is 1.21. The van der Waals surface area contributed by atoms with Crippen molar-refractivity contribution in [2.75, 3.05) is 6.54 Å². The van der Waals surface area contributed by atoms with E-state index < -0.39 is 0 Å². The van der Waals surface area contributed by atoms with Gasteiger partial charge in [-0.1, -0.05) is 0 Å². The molecule has 2 atom stereocenters. The summed E-state index contributed by atoms with van der Waals surface area (Å²) in [4.78, 5) is 0. The SMILES string of the molecule is N[C@@H]1CCN(Cl)[C@@H]1Cl. The summed E-state index contributed by atoms with van der Waals surface area (Å²) in [5, 5.41) is 0. The van der Waals surface area contributed by atoms with Gasteiger partial charge in [0.05, 0.1) is 0 Å². The lowest BCUT2D eigenvalue weighted by Gasteiger charge is -2.10. The Hall–Kier alpha value is 0.500. The molecule has 0 amide bonds. The third-order valence-corrected chi connectivity index (χ3v) is 2.34. The Bertz CT molecular complexity index is 78.1. The van der Waals surface area contributed by atoms with E-state index in [0.717, 1.165) is 13.0 Å². The highest BCUT2D eigenvalue weighted by Crippen LogP contribution is 2.20. The van der Waals surface area contributed by atoms with Crippen LogP contribution in [0.2, 0.25) is 0 Å². The zero-order valence-corrected chi connectivity index (χ0v) is 5.86. The Labute approximate surface area is 58.6 Å². The van der Waals surface area contributed by atoms with E-state index in [1.54, 1.807) is 0 Å². The number of nitrogens with zero attached hydrogens (tertiary/aromatic N) is 1. The number of halogens is 2. The van der Waals surface area contributed by atoms with E-state index in [4.69, 9.17) is 29.1 Å². The first kappa shape index (κ1) is 6.62. The monoisotopic (exact) mass is 154 g/mol. The Balaban J connectivity index is 2.44. The molecule has 4 heteroatoms. The number of alkyl halides is 1. The second kappa shape index (κ2) is 2.40. The van der Waals surface area contributed by atoms with Crippen LogP contribution in [-0.4, -0.2) is 22.5 Å². The van der Waals surface area contributed by atoms with Crippen molar-refractivity contribution in [3.05, 3.63) is 0 Å². The van der Waals surface area contributed by atoms with Crippen molar-refractivity contribution in [2.24, 2.45) is 5.73 Å². The molecule has 0 saturated carbocycles. The number of nitrogens with two attached hydrogens (primary N) is 1. The van der Waals surface area contributed by atoms with Crippen LogP contribution in [0.5, 0.6) is 0 Å². The van der Waals surface area contributed by atoms with Gasteiger partial charge < -0.3 is 5.73 Å². The summed E-state index contributed by atoms with van der Waals surface area (Å²) in [6, 6.07) is 0.0502. The molecule has 1 aliphatic heterocycles. The minimum absolute atomic E-state index is 0.0502. The number of hydrogen-bond donors (Lipinski definition) is 1. The maximum Gasteiger partial charge on any atom is 0.114 e. The van der Waals surface area contributed by atoms with Crippen molar-refractivity contribution in [3.63, 3.8) is 0 Å². The van der Waals surface area contributed by atoms with E-state index in [0.29, 0.717) is 0 Å². The molecule has 8 heavy (non-hydrogen) atoms. The van der Waals surface area contributed by atoms with Crippen LogP contribution in [0, 0.1) is 0 Å². The van der Waals surface area contributed by atoms with Gasteiger partial charge in [0.1, 0.15) is 5.50 Å². The zero-order chi connectivity index (χ0) is 6.15. The Morgan fingerprint density at radius 1 is 1.62 bits per heavy atom. The molecule has 1 heterocycles. The van der Waals surface area contributed by atoms with E-state index in [-0.39, 0.29) is 11.5 Å². The van der Waals surface area contributed by atoms with Gasteiger partial charge in [0, 0.05) is 12.6 Å². The summed E-state index contributed by atoms with van der Waals surface area (Å²) in [7, 11) is 0. The highest BCUT2D eigenvalue weighted by molar-refractivity contribution is 6.25. The van der Waals surface area contributed by atoms with Crippen LogP contribution in [0.25, 0.3) is 0 Å². The van der Waals surface area contributed by atoms with Crippen LogP contribution >= 0.6 is 23.4 Å². The van der Waals surface area contributed by atoms with Crippen molar-refractivity contribution < 1.29 is 0 Å². The molecular formula is C4H8Cl2N2. The van der Waals surface area contributed by atoms with Crippen LogP contribution in [0.4, 0.5) is 0 Å². The lowest BCUT2D eigenvalue weighted by Crippen LogP contribution is -2.29. The molecule has 2 N–H and O–H groups in total. The second-order valence-electron chi connectivity index (χ2n) is 1.95. The molecule has 0 aliphatic carbocycles. The second-order valence-corrected chi connectivity index (χ2v) is 2.83. The van der Waals surface area contributed by atoms with Crippen LogP contribution in [0.15, 0.2) is 0 Å². The number of hydrogen-bond acceptors (Lipinski definition) is 2. The molecule has 0 unspecified atom stereocenters. The normalized spacial score (nSPS) is 40.9. The molecule has 1 saturated heterocycles. The molecule has 0 bridgehead atoms. The fourth-order valence-electron chi connectivity index (χ4n) is 0.741. The molecule has 0 radical (unpaired) electrons. The van der Waals surface area contributed by atoms with Crippen LogP contribution in [0.1, 0.15) is 6.42 Å². The van der Waals surface area contributed by atoms with Gasteiger partial charge in [-0.25, -0.2) is 4.42 Å². The molecular weight excluding hydrogens is 147 g/mol. The fraction of sp³-hybridized carbons (Fsp3) is 1.00. The maximum atomic E-state index is 5.68. The largest absolute Gasteiger partial charge is 0.325 e. The average molecular weight is 155 g/mol. The Kier molecular flexibility index (Phi) is 1.98. The molecule has 1 fully saturated rings. The summed E-state index contributed by atoms with van der Waals surface area (Å²) in [5.74, 6) is 0. The van der Waals surface area contributed by atoms with Crippen molar-refractivity contribution in [2.45, 2.75) is 18.0 Å². The van der Waals surface area contributed by atoms with Crippen LogP contribution in [-0.2, 0) is 0 Å². The predicted molar refractivity (Wildman–Crippen MR) is 34.8 cm³/mol. The summed E-state index contributed by atoms with van der Waals surface area (Å²) in [5.41, 5.74) is 5.34. The highest BCUT2D eigenvalue weighted by Gasteiger charge is 2.27. The Morgan fingerprint density at radius 3 is 2.38 bits per heavy atom. The van der Waals surface area contributed by atoms with E-state index >= 15 is 0 Å². The molecule has 48 valence electrons. The zero-order valence-electron chi connectivity index (χ0n) is 4.35. The van der Waals surface area contributed by atoms with Gasteiger partial charge in [-0.15, -0.1) is 11.6 Å². The summed E-state index contributed by atoms with van der Waals surface area (Å²) < 4.78 is 1.53. The maximum absolute atomic E-state index is 5.68. The summed E-state index contributed by atoms with van der Waals surface area (Å²) in [6.45, 7) is 0.802. The van der Waals surface area contributed by atoms with Crippen molar-refractivity contribution >= 4 is 23.4 Å². The van der Waals surface area contributed by atoms with E-state index in [1.165, 1.54) is 4.42 Å². The predicted octanol–water partition coefficient (Wildman–Crippen LogP) is 0.738. The molecule has 0 aromatic heterocycles. The topological polar surface area (TPSA) is 29.3 Å². The quantitative estimate of drug-likeness (QED) is 0.317. The lowest BCUT2D eigenvalue weighted by atomic mass is 10.3. The van der Waals surface area contributed by atoms with E-state index in [9.17, 15) is 0 Å². The summed E-state index contributed by atoms with van der Waals surface area (Å²) in [6.07, 6.45) is 0.900. The van der Waals surface area contributed by atoms with Crippen molar-refractivity contribution in [1.29, 1.82) is 0 Å². The van der Waals surface area contributed by atoms with Crippen molar-refractivity contribution in [3.8, 4) is 0 Å². The van der Waals surface area contributed by atoms with Gasteiger partial charge >= 0.3 is 0 Å². The summed E-state index contributed by atoms with van der Waals surface area (Å²) >= 11 is 11.3. The van der Waals surface area contributed by atoms with Crippen LogP contribution in [0.3, 0.4) is 0 Å². The molecule has 0 spiro atoms. The van der Waals surface area contributed by atoms with Gasteiger partial charge in [0.15, 0.2) is 0 Å². The molecule has 1 aliphatic rings. The highest BCUT2D eigenvalue weighted by atomic mass is 35.5. The molecule has 0 aromatic rings. The van der Waals surface area contributed by atoms with Crippen LogP contribution < -0.4 is 5.73 Å². The lowest BCUT2D eigenvalue weighted by molar-refractivity contribution is 0.508. The van der Waals surface area contributed by atoms with E-state index in [1.807, 2.05) is 0 Å². The van der Waals surface area contributed by atoms with Crippen molar-refractivity contribution in [1.82, 2.24) is 4.42 Å². The first-order valence-corrected chi connectivity index (χ1v) is 3.31. The molecule has 1 rings (SSSR count). The molecule has 2 nitrogen and oxygen atoms in total. The first-order chi connectivity index (χ1) is 3.72. The van der Waals surface area contributed by atoms with Gasteiger partial charge in [-0.3, -0.25) is 0 Å². The minimum atomic E-state index is -0.170. The average Bonchev–Trinajstić information content (AvgIpc) is 1.98. The van der Waals surface area contributed by atoms with Gasteiger partial charge in [0.25, 0.3) is 0 Å². The van der Waals surface area contributed by atoms with Gasteiger partial charge in [0.2, 0.25) is 0 Å². The first-order valence-electron chi connectivity index (χ1n) is 2.54. The smallest absolute Gasteiger partial charge is 0.114 e. The van der Waals surface area contributed by atoms with E-state index in [2.05, 4.69) is 0 Å². The van der Waals surface area contributed by atoms with Gasteiger partial charge in [-0.2, -0.15) is 0 Å². The molecule has 0 aromatic carbocycles. The Morgan fingerprint density at radius 2 is 2.25 bits per heavy atom. The third-order valence-electron chi connectivity index (χ3n) is 1.30. The number of rotatable bonds is 0. The minimum Gasteiger partial charge on any atom is -0.325 e. The van der Waals surface area contributed by atoms with Gasteiger partial charge in [-0.05, 0) is 18.2 Å². The third kappa shape index (κ3) is 1.08.